The number of ether oxygens (including phenoxy) is 1. The Hall–Kier alpha value is -1.72. The minimum absolute atomic E-state index is 0.150. The monoisotopic (exact) mass is 305 g/mol. The number of anilines is 1. The lowest BCUT2D eigenvalue weighted by molar-refractivity contribution is -0.129. The highest BCUT2D eigenvalue weighted by atomic mass is 35.5. The van der Waals surface area contributed by atoms with Crippen molar-refractivity contribution in [2.45, 2.75) is 31.3 Å². The van der Waals surface area contributed by atoms with Crippen molar-refractivity contribution < 1.29 is 9.53 Å². The van der Waals surface area contributed by atoms with E-state index in [2.05, 4.69) is 15.3 Å². The molecule has 0 atom stereocenters. The predicted octanol–water partition coefficient (Wildman–Crippen LogP) is 3.18. The van der Waals surface area contributed by atoms with E-state index in [9.17, 15) is 4.79 Å². The van der Waals surface area contributed by atoms with E-state index in [-0.39, 0.29) is 16.7 Å². The summed E-state index contributed by atoms with van der Waals surface area (Å²) in [5.74, 6) is 0.147. The van der Waals surface area contributed by atoms with Crippen LogP contribution in [0.1, 0.15) is 25.7 Å². The first-order valence-electron chi connectivity index (χ1n) is 6.89. The van der Waals surface area contributed by atoms with Gasteiger partial charge in [0.15, 0.2) is 11.0 Å². The zero-order valence-electron chi connectivity index (χ0n) is 11.7. The van der Waals surface area contributed by atoms with Gasteiger partial charge in [-0.15, -0.1) is 0 Å². The third-order valence-electron chi connectivity index (χ3n) is 3.97. The molecule has 6 heteroatoms. The summed E-state index contributed by atoms with van der Waals surface area (Å²) in [7, 11) is 1.65. The summed E-state index contributed by atoms with van der Waals surface area (Å²) in [6, 6.07) is 7.39. The smallest absolute Gasteiger partial charge is 0.228 e. The van der Waals surface area contributed by atoms with Crippen LogP contribution in [-0.4, -0.2) is 28.6 Å². The Morgan fingerprint density at radius 1 is 1.33 bits per heavy atom. The Balaban J connectivity index is 1.78. The largest absolute Gasteiger partial charge is 0.378 e. The number of nitrogens with one attached hydrogen (secondary N) is 1. The fourth-order valence-corrected chi connectivity index (χ4v) is 2.73. The van der Waals surface area contributed by atoms with E-state index in [0.717, 1.165) is 19.3 Å². The summed E-state index contributed by atoms with van der Waals surface area (Å²) in [4.78, 5) is 20.7. The molecule has 0 bridgehead atoms. The molecule has 0 aliphatic heterocycles. The first kappa shape index (κ1) is 14.2. The second-order valence-electron chi connectivity index (χ2n) is 5.32. The van der Waals surface area contributed by atoms with Gasteiger partial charge in [0.05, 0.1) is 23.1 Å². The minimum atomic E-state index is -0.319. The van der Waals surface area contributed by atoms with Gasteiger partial charge < -0.3 is 10.1 Å². The fourth-order valence-electron chi connectivity index (χ4n) is 2.55. The number of para-hydroxylation sites is 2. The van der Waals surface area contributed by atoms with E-state index >= 15 is 0 Å². The second-order valence-corrected chi connectivity index (χ2v) is 5.68. The van der Waals surface area contributed by atoms with Crippen LogP contribution < -0.4 is 5.32 Å². The highest BCUT2D eigenvalue weighted by molar-refractivity contribution is 6.32. The van der Waals surface area contributed by atoms with Crippen LogP contribution >= 0.6 is 11.6 Å². The number of amides is 1. The highest BCUT2D eigenvalue weighted by Gasteiger charge is 2.39. The van der Waals surface area contributed by atoms with E-state index in [4.69, 9.17) is 16.3 Å². The average Bonchev–Trinajstić information content (AvgIpc) is 2.44. The van der Waals surface area contributed by atoms with Crippen LogP contribution in [0.3, 0.4) is 0 Å². The van der Waals surface area contributed by atoms with Crippen LogP contribution in [0.15, 0.2) is 24.3 Å². The molecule has 1 aliphatic carbocycles. The van der Waals surface area contributed by atoms with Gasteiger partial charge in [-0.2, -0.15) is 0 Å². The summed E-state index contributed by atoms with van der Waals surface area (Å²) >= 11 is 6.08. The SMILES string of the molecule is COC1(CC(=O)Nc2nc3ccccc3nc2Cl)CCC1. The Labute approximate surface area is 127 Å². The molecule has 2 aromatic rings. The summed E-state index contributed by atoms with van der Waals surface area (Å²) in [5.41, 5.74) is 1.08. The maximum atomic E-state index is 12.2. The molecule has 0 radical (unpaired) electrons. The van der Waals surface area contributed by atoms with Crippen molar-refractivity contribution in [3.63, 3.8) is 0 Å². The van der Waals surface area contributed by atoms with Crippen LogP contribution in [-0.2, 0) is 9.53 Å². The van der Waals surface area contributed by atoms with Crippen LogP contribution in [0.2, 0.25) is 5.15 Å². The maximum Gasteiger partial charge on any atom is 0.228 e. The van der Waals surface area contributed by atoms with Crippen molar-refractivity contribution in [1.29, 1.82) is 0 Å². The standard InChI is InChI=1S/C15H16ClN3O2/c1-21-15(7-4-8-15)9-12(20)19-14-13(16)17-10-5-2-3-6-11(10)18-14/h2-3,5-6H,4,7-9H2,1H3,(H,18,19,20). The number of rotatable bonds is 4. The number of benzene rings is 1. The van der Waals surface area contributed by atoms with E-state index in [0.29, 0.717) is 23.3 Å². The van der Waals surface area contributed by atoms with E-state index < -0.39 is 0 Å². The molecule has 0 unspecified atom stereocenters. The Bertz CT molecular complexity index is 680. The molecule has 1 N–H and O–H groups in total. The molecule has 1 amide bonds. The lowest BCUT2D eigenvalue weighted by Gasteiger charge is -2.39. The molecule has 3 rings (SSSR count). The van der Waals surface area contributed by atoms with Gasteiger partial charge in [-0.25, -0.2) is 9.97 Å². The molecular formula is C15H16ClN3O2. The summed E-state index contributed by atoms with van der Waals surface area (Å²) in [6.07, 6.45) is 3.23. The number of aromatic nitrogens is 2. The number of fused-ring (bicyclic) bond motifs is 1. The molecule has 0 saturated heterocycles. The maximum absolute atomic E-state index is 12.2. The van der Waals surface area contributed by atoms with Crippen LogP contribution in [0.4, 0.5) is 5.82 Å². The van der Waals surface area contributed by atoms with Crippen molar-refractivity contribution >= 4 is 34.4 Å². The molecule has 1 aromatic heterocycles. The zero-order chi connectivity index (χ0) is 14.9. The van der Waals surface area contributed by atoms with Crippen molar-refractivity contribution in [3.05, 3.63) is 29.4 Å². The predicted molar refractivity (Wildman–Crippen MR) is 81.4 cm³/mol. The molecule has 1 aliphatic rings. The van der Waals surface area contributed by atoms with E-state index in [1.807, 2.05) is 24.3 Å². The highest BCUT2D eigenvalue weighted by Crippen LogP contribution is 2.38. The van der Waals surface area contributed by atoms with Gasteiger partial charge in [0.1, 0.15) is 0 Å². The van der Waals surface area contributed by atoms with Crippen LogP contribution in [0, 0.1) is 0 Å². The zero-order valence-corrected chi connectivity index (χ0v) is 12.5. The number of hydrogen-bond acceptors (Lipinski definition) is 4. The summed E-state index contributed by atoms with van der Waals surface area (Å²) in [6.45, 7) is 0. The fraction of sp³-hybridized carbons (Fsp3) is 0.400. The number of methoxy groups -OCH3 is 1. The van der Waals surface area contributed by atoms with Crippen molar-refractivity contribution in [2.24, 2.45) is 0 Å². The number of halogens is 1. The topological polar surface area (TPSA) is 64.1 Å². The minimum Gasteiger partial charge on any atom is -0.378 e. The average molecular weight is 306 g/mol. The van der Waals surface area contributed by atoms with Gasteiger partial charge in [0.2, 0.25) is 5.91 Å². The van der Waals surface area contributed by atoms with Crippen molar-refractivity contribution in [3.8, 4) is 0 Å². The normalized spacial score (nSPS) is 16.5. The lowest BCUT2D eigenvalue weighted by Crippen LogP contribution is -2.42. The molecular weight excluding hydrogens is 290 g/mol. The second kappa shape index (κ2) is 5.58. The summed E-state index contributed by atoms with van der Waals surface area (Å²) < 4.78 is 5.45. The van der Waals surface area contributed by atoms with Gasteiger partial charge in [-0.05, 0) is 31.4 Å². The van der Waals surface area contributed by atoms with Gasteiger partial charge in [0, 0.05) is 7.11 Å². The van der Waals surface area contributed by atoms with Gasteiger partial charge in [-0.3, -0.25) is 4.79 Å². The van der Waals surface area contributed by atoms with Gasteiger partial charge in [0.25, 0.3) is 0 Å². The van der Waals surface area contributed by atoms with Crippen LogP contribution in [0.25, 0.3) is 11.0 Å². The molecule has 1 fully saturated rings. The number of carbonyl (C=O) groups excluding carboxylic acids is 1. The number of hydrogen-bond donors (Lipinski definition) is 1. The molecule has 1 aromatic carbocycles. The van der Waals surface area contributed by atoms with Crippen molar-refractivity contribution in [2.75, 3.05) is 12.4 Å². The number of carbonyl (C=O) groups is 1. The third kappa shape index (κ3) is 2.84. The molecule has 110 valence electrons. The summed E-state index contributed by atoms with van der Waals surface area (Å²) in [5, 5.41) is 2.93. The Morgan fingerprint density at radius 3 is 2.57 bits per heavy atom. The first-order chi connectivity index (χ1) is 10.1. The Kier molecular flexibility index (Phi) is 3.78. The van der Waals surface area contributed by atoms with Gasteiger partial charge in [-0.1, -0.05) is 23.7 Å². The van der Waals surface area contributed by atoms with Crippen molar-refractivity contribution in [1.82, 2.24) is 9.97 Å². The molecule has 1 saturated carbocycles. The quantitative estimate of drug-likeness (QED) is 0.942. The number of nitrogens with zero attached hydrogens (tertiary/aromatic N) is 2. The van der Waals surface area contributed by atoms with Gasteiger partial charge >= 0.3 is 0 Å². The molecule has 1 heterocycles. The molecule has 5 nitrogen and oxygen atoms in total. The molecule has 0 spiro atoms. The third-order valence-corrected chi connectivity index (χ3v) is 4.23. The van der Waals surface area contributed by atoms with E-state index in [1.54, 1.807) is 7.11 Å². The molecule has 21 heavy (non-hydrogen) atoms. The lowest BCUT2D eigenvalue weighted by atomic mass is 9.77. The first-order valence-corrected chi connectivity index (χ1v) is 7.27. The van der Waals surface area contributed by atoms with Crippen LogP contribution in [0.5, 0.6) is 0 Å². The Morgan fingerprint density at radius 2 is 2.00 bits per heavy atom. The van der Waals surface area contributed by atoms with E-state index in [1.165, 1.54) is 0 Å².